The van der Waals surface area contributed by atoms with Crippen molar-refractivity contribution in [2.75, 3.05) is 10.2 Å². The zero-order valence-electron chi connectivity index (χ0n) is 19.1. The third-order valence-corrected chi connectivity index (χ3v) is 6.14. The van der Waals surface area contributed by atoms with E-state index in [1.165, 1.54) is 19.1 Å². The Bertz CT molecular complexity index is 1440. The number of nitro groups is 1. The molecule has 2 aromatic heterocycles. The Hall–Kier alpha value is -4.57. The van der Waals surface area contributed by atoms with Crippen molar-refractivity contribution in [1.82, 2.24) is 10.3 Å². The number of nitrogens with zero attached hydrogens (tertiary/aromatic N) is 3. The van der Waals surface area contributed by atoms with Crippen LogP contribution in [0.3, 0.4) is 0 Å². The van der Waals surface area contributed by atoms with Crippen molar-refractivity contribution in [3.8, 4) is 11.3 Å². The van der Waals surface area contributed by atoms with Crippen LogP contribution in [0.4, 0.5) is 17.1 Å². The van der Waals surface area contributed by atoms with E-state index < -0.39 is 4.92 Å². The third-order valence-electron chi connectivity index (χ3n) is 5.82. The highest BCUT2D eigenvalue weighted by Gasteiger charge is 2.42. The Morgan fingerprint density at radius 3 is 2.61 bits per heavy atom. The minimum absolute atomic E-state index is 0.0126. The molecule has 0 saturated carbocycles. The SMILES string of the molecule is CC(=O)Nc1ccc(N2C(=S)N[C@H](c3ccccn3)[C@@H]2c2ccc(-c3cccc([N+](=O)[O-])c3)o2)cc1. The molecular weight excluding hydrogens is 478 g/mol. The summed E-state index contributed by atoms with van der Waals surface area (Å²) in [6.45, 7) is 1.46. The van der Waals surface area contributed by atoms with Crippen LogP contribution in [-0.2, 0) is 4.79 Å². The van der Waals surface area contributed by atoms with Gasteiger partial charge in [-0.3, -0.25) is 19.9 Å². The second kappa shape index (κ2) is 9.59. The van der Waals surface area contributed by atoms with Crippen molar-refractivity contribution in [2.45, 2.75) is 19.0 Å². The van der Waals surface area contributed by atoms with Gasteiger partial charge in [0.25, 0.3) is 5.69 Å². The van der Waals surface area contributed by atoms with Gasteiger partial charge in [-0.2, -0.15) is 0 Å². The number of carbonyl (C=O) groups is 1. The molecule has 1 saturated heterocycles. The van der Waals surface area contributed by atoms with Gasteiger partial charge in [0.05, 0.1) is 16.7 Å². The van der Waals surface area contributed by atoms with Crippen molar-refractivity contribution < 1.29 is 14.1 Å². The first-order valence-electron chi connectivity index (χ1n) is 11.1. The van der Waals surface area contributed by atoms with Gasteiger partial charge in [-0.15, -0.1) is 0 Å². The number of rotatable bonds is 6. The number of non-ortho nitro benzene ring substituents is 1. The normalized spacial score (nSPS) is 17.0. The number of aromatic nitrogens is 1. The number of amides is 1. The minimum Gasteiger partial charge on any atom is -0.459 e. The van der Waals surface area contributed by atoms with E-state index in [0.717, 1.165) is 11.4 Å². The highest BCUT2D eigenvalue weighted by Crippen LogP contribution is 2.43. The molecule has 180 valence electrons. The lowest BCUT2D eigenvalue weighted by Crippen LogP contribution is -2.29. The van der Waals surface area contributed by atoms with Crippen molar-refractivity contribution in [1.29, 1.82) is 0 Å². The second-order valence-electron chi connectivity index (χ2n) is 8.23. The zero-order chi connectivity index (χ0) is 25.2. The Kier molecular flexibility index (Phi) is 6.17. The number of nitrogens with one attached hydrogen (secondary N) is 2. The molecule has 36 heavy (non-hydrogen) atoms. The summed E-state index contributed by atoms with van der Waals surface area (Å²) in [4.78, 5) is 28.7. The lowest BCUT2D eigenvalue weighted by atomic mass is 10.0. The molecule has 2 atom stereocenters. The molecule has 9 nitrogen and oxygen atoms in total. The van der Waals surface area contributed by atoms with E-state index in [2.05, 4.69) is 15.6 Å². The highest BCUT2D eigenvalue weighted by molar-refractivity contribution is 7.80. The Morgan fingerprint density at radius 1 is 1.11 bits per heavy atom. The number of pyridine rings is 1. The first kappa shape index (κ1) is 23.2. The fourth-order valence-electron chi connectivity index (χ4n) is 4.27. The van der Waals surface area contributed by atoms with Gasteiger partial charge < -0.3 is 20.0 Å². The zero-order valence-corrected chi connectivity index (χ0v) is 19.9. The van der Waals surface area contributed by atoms with E-state index in [1.807, 2.05) is 41.3 Å². The lowest BCUT2D eigenvalue weighted by molar-refractivity contribution is -0.384. The van der Waals surface area contributed by atoms with Crippen LogP contribution < -0.4 is 15.5 Å². The van der Waals surface area contributed by atoms with Gasteiger partial charge >= 0.3 is 0 Å². The van der Waals surface area contributed by atoms with E-state index in [1.54, 1.807) is 36.5 Å². The molecule has 0 aliphatic carbocycles. The van der Waals surface area contributed by atoms with Gasteiger partial charge in [-0.05, 0) is 60.7 Å². The van der Waals surface area contributed by atoms with Gasteiger partial charge in [-0.1, -0.05) is 18.2 Å². The van der Waals surface area contributed by atoms with E-state index in [-0.39, 0.29) is 23.7 Å². The molecular formula is C26H21N5O4S. The predicted octanol–water partition coefficient (Wildman–Crippen LogP) is 5.39. The maximum Gasteiger partial charge on any atom is 0.270 e. The standard InChI is InChI=1S/C26H21N5O4S/c1-16(32)28-18-8-10-19(11-9-18)30-25(24(29-26(30)36)21-7-2-3-14-27-21)23-13-12-22(35-23)17-5-4-6-20(15-17)31(33)34/h2-15,24-25H,1H3,(H,28,32)(H,29,36)/t24-,25+/m1/s1. The molecule has 4 aromatic rings. The molecule has 0 spiro atoms. The predicted molar refractivity (Wildman–Crippen MR) is 139 cm³/mol. The maximum atomic E-state index is 11.4. The number of hydrogen-bond acceptors (Lipinski definition) is 6. The maximum absolute atomic E-state index is 11.4. The molecule has 3 heterocycles. The number of benzene rings is 2. The molecule has 2 aromatic carbocycles. The quantitative estimate of drug-likeness (QED) is 0.206. The Morgan fingerprint density at radius 2 is 1.92 bits per heavy atom. The van der Waals surface area contributed by atoms with Crippen LogP contribution in [-0.4, -0.2) is 20.9 Å². The highest BCUT2D eigenvalue weighted by atomic mass is 32.1. The molecule has 1 aliphatic rings. The van der Waals surface area contributed by atoms with Crippen molar-refractivity contribution >= 4 is 40.3 Å². The van der Waals surface area contributed by atoms with Crippen LogP contribution in [0.1, 0.15) is 30.5 Å². The van der Waals surface area contributed by atoms with Gasteiger partial charge in [0.1, 0.15) is 17.6 Å². The molecule has 1 aliphatic heterocycles. The summed E-state index contributed by atoms with van der Waals surface area (Å²) in [5.41, 5.74) is 2.85. The van der Waals surface area contributed by atoms with Crippen LogP contribution in [0.25, 0.3) is 11.3 Å². The van der Waals surface area contributed by atoms with Gasteiger partial charge in [-0.25, -0.2) is 0 Å². The average molecular weight is 500 g/mol. The summed E-state index contributed by atoms with van der Waals surface area (Å²) in [5, 5.41) is 17.9. The fourth-order valence-corrected chi connectivity index (χ4v) is 4.62. The number of thiocarbonyl (C=S) groups is 1. The smallest absolute Gasteiger partial charge is 0.270 e. The summed E-state index contributed by atoms with van der Waals surface area (Å²) in [7, 11) is 0. The monoisotopic (exact) mass is 499 g/mol. The van der Waals surface area contributed by atoms with Crippen LogP contribution in [0.15, 0.2) is 89.5 Å². The summed E-state index contributed by atoms with van der Waals surface area (Å²) in [6.07, 6.45) is 1.72. The Balaban J connectivity index is 1.55. The molecule has 1 amide bonds. The van der Waals surface area contributed by atoms with E-state index in [9.17, 15) is 14.9 Å². The third kappa shape index (κ3) is 4.53. The van der Waals surface area contributed by atoms with Gasteiger partial charge in [0, 0.05) is 42.2 Å². The molecule has 2 N–H and O–H groups in total. The van der Waals surface area contributed by atoms with Crippen LogP contribution in [0.2, 0.25) is 0 Å². The molecule has 10 heteroatoms. The van der Waals surface area contributed by atoms with Crippen LogP contribution >= 0.6 is 12.2 Å². The average Bonchev–Trinajstić information content (AvgIpc) is 3.49. The second-order valence-corrected chi connectivity index (χ2v) is 8.62. The molecule has 0 unspecified atom stereocenters. The lowest BCUT2D eigenvalue weighted by Gasteiger charge is -2.26. The fraction of sp³-hybridized carbons (Fsp3) is 0.115. The number of furan rings is 1. The number of anilines is 2. The molecule has 5 rings (SSSR count). The molecule has 0 bridgehead atoms. The minimum atomic E-state index is -0.434. The topological polar surface area (TPSA) is 114 Å². The van der Waals surface area contributed by atoms with Crippen LogP contribution in [0.5, 0.6) is 0 Å². The first-order chi connectivity index (χ1) is 17.4. The number of nitro benzene ring substituents is 1. The molecule has 1 fully saturated rings. The van der Waals surface area contributed by atoms with Crippen LogP contribution in [0, 0.1) is 10.1 Å². The van der Waals surface area contributed by atoms with Gasteiger partial charge in [0.15, 0.2) is 5.11 Å². The van der Waals surface area contributed by atoms with Crippen molar-refractivity contribution in [3.63, 3.8) is 0 Å². The summed E-state index contributed by atoms with van der Waals surface area (Å²) >= 11 is 5.73. The first-order valence-corrected chi connectivity index (χ1v) is 11.5. The van der Waals surface area contributed by atoms with Gasteiger partial charge in [0.2, 0.25) is 5.91 Å². The number of carbonyl (C=O) groups excluding carboxylic acids is 1. The van der Waals surface area contributed by atoms with E-state index in [0.29, 0.717) is 27.9 Å². The Labute approximate surface area is 211 Å². The molecule has 0 radical (unpaired) electrons. The summed E-state index contributed by atoms with van der Waals surface area (Å²) < 4.78 is 6.27. The largest absolute Gasteiger partial charge is 0.459 e. The van der Waals surface area contributed by atoms with E-state index in [4.69, 9.17) is 16.6 Å². The van der Waals surface area contributed by atoms with Crippen molar-refractivity contribution in [2.24, 2.45) is 0 Å². The number of hydrogen-bond donors (Lipinski definition) is 2. The van der Waals surface area contributed by atoms with E-state index >= 15 is 0 Å². The van der Waals surface area contributed by atoms with Crippen molar-refractivity contribution in [3.05, 3.63) is 107 Å². The summed E-state index contributed by atoms with van der Waals surface area (Å²) in [5.74, 6) is 0.969. The summed E-state index contributed by atoms with van der Waals surface area (Å²) in [6, 6.07) is 22.3.